The van der Waals surface area contributed by atoms with Crippen LogP contribution in [0.1, 0.15) is 0 Å². The largest absolute Gasteiger partial charge is 0.490 e. The molecule has 0 atom stereocenters. The highest BCUT2D eigenvalue weighted by atomic mass is 16.6. The Morgan fingerprint density at radius 3 is 2.64 bits per heavy atom. The predicted octanol–water partition coefficient (Wildman–Crippen LogP) is 3.38. The summed E-state index contributed by atoms with van der Waals surface area (Å²) in [7, 11) is 1.35. The lowest BCUT2D eigenvalue weighted by molar-refractivity contribution is -0.385. The summed E-state index contributed by atoms with van der Waals surface area (Å²) in [6.07, 6.45) is 0. The van der Waals surface area contributed by atoms with Gasteiger partial charge in [-0.05, 0) is 24.3 Å². The number of rotatable bonds is 3. The molecular formula is C16H11NO5. The second-order valence-corrected chi connectivity index (χ2v) is 4.58. The molecule has 3 rings (SSSR count). The number of methoxy groups -OCH3 is 1. The first-order chi connectivity index (χ1) is 10.6. The summed E-state index contributed by atoms with van der Waals surface area (Å²) >= 11 is 0. The molecule has 0 aliphatic carbocycles. The van der Waals surface area contributed by atoms with Gasteiger partial charge < -0.3 is 9.15 Å². The molecule has 0 aliphatic heterocycles. The average Bonchev–Trinajstić information content (AvgIpc) is 2.54. The molecule has 0 spiro atoms. The van der Waals surface area contributed by atoms with Gasteiger partial charge >= 0.3 is 5.69 Å². The van der Waals surface area contributed by atoms with E-state index in [1.54, 1.807) is 30.3 Å². The molecule has 3 aromatic rings. The van der Waals surface area contributed by atoms with Crippen LogP contribution in [0.3, 0.4) is 0 Å². The van der Waals surface area contributed by atoms with Crippen molar-refractivity contribution in [3.05, 3.63) is 68.9 Å². The van der Waals surface area contributed by atoms with E-state index in [0.717, 1.165) is 0 Å². The molecule has 0 saturated carbocycles. The van der Waals surface area contributed by atoms with Crippen molar-refractivity contribution >= 4 is 16.7 Å². The molecule has 1 aromatic heterocycles. The summed E-state index contributed by atoms with van der Waals surface area (Å²) in [4.78, 5) is 22.9. The number of para-hydroxylation sites is 2. The van der Waals surface area contributed by atoms with Crippen LogP contribution in [0.2, 0.25) is 0 Å². The Labute approximate surface area is 124 Å². The summed E-state index contributed by atoms with van der Waals surface area (Å²) < 4.78 is 10.7. The fraction of sp³-hybridized carbons (Fsp3) is 0.0625. The minimum Gasteiger partial charge on any atom is -0.490 e. The van der Waals surface area contributed by atoms with Gasteiger partial charge in [-0.2, -0.15) is 0 Å². The number of benzene rings is 2. The Bertz CT molecular complexity index is 929. The van der Waals surface area contributed by atoms with Crippen molar-refractivity contribution < 1.29 is 14.1 Å². The zero-order valence-electron chi connectivity index (χ0n) is 11.6. The number of nitro benzene ring substituents is 1. The molecule has 0 saturated heterocycles. The molecule has 0 bridgehead atoms. The third kappa shape index (κ3) is 2.20. The standard InChI is InChI=1S/C16H11NO5/c1-21-14-8-4-6-11(16(14)17(19)20)15-9-12(18)10-5-2-3-7-13(10)22-15/h2-9H,1H3. The van der Waals surface area contributed by atoms with Crippen LogP contribution in [0.4, 0.5) is 5.69 Å². The van der Waals surface area contributed by atoms with E-state index in [9.17, 15) is 14.9 Å². The van der Waals surface area contributed by atoms with Crippen LogP contribution in [0.15, 0.2) is 57.7 Å². The van der Waals surface area contributed by atoms with Crippen LogP contribution in [0, 0.1) is 10.1 Å². The van der Waals surface area contributed by atoms with E-state index < -0.39 is 4.92 Å². The Hall–Kier alpha value is -3.15. The Morgan fingerprint density at radius 2 is 1.91 bits per heavy atom. The van der Waals surface area contributed by atoms with Crippen molar-refractivity contribution in [2.75, 3.05) is 7.11 Å². The zero-order valence-corrected chi connectivity index (χ0v) is 11.6. The molecule has 2 aromatic carbocycles. The molecule has 0 radical (unpaired) electrons. The van der Waals surface area contributed by atoms with E-state index >= 15 is 0 Å². The molecule has 1 heterocycles. The number of nitrogens with zero attached hydrogens (tertiary/aromatic N) is 1. The highest BCUT2D eigenvalue weighted by Gasteiger charge is 2.23. The third-order valence-electron chi connectivity index (χ3n) is 3.30. The molecule has 0 amide bonds. The van der Waals surface area contributed by atoms with Gasteiger partial charge in [0.05, 0.1) is 23.0 Å². The lowest BCUT2D eigenvalue weighted by Gasteiger charge is -2.07. The van der Waals surface area contributed by atoms with E-state index in [0.29, 0.717) is 11.0 Å². The highest BCUT2D eigenvalue weighted by molar-refractivity contribution is 5.81. The average molecular weight is 297 g/mol. The van der Waals surface area contributed by atoms with Gasteiger partial charge in [-0.1, -0.05) is 18.2 Å². The maximum atomic E-state index is 12.1. The predicted molar refractivity (Wildman–Crippen MR) is 81.1 cm³/mol. The van der Waals surface area contributed by atoms with Gasteiger partial charge in [0.25, 0.3) is 0 Å². The summed E-state index contributed by atoms with van der Waals surface area (Å²) in [5.74, 6) is 0.243. The maximum absolute atomic E-state index is 12.1. The summed E-state index contributed by atoms with van der Waals surface area (Å²) in [6, 6.07) is 12.6. The van der Waals surface area contributed by atoms with E-state index in [-0.39, 0.29) is 28.2 Å². The second kappa shape index (κ2) is 5.33. The molecule has 0 N–H and O–H groups in total. The quantitative estimate of drug-likeness (QED) is 0.546. The van der Waals surface area contributed by atoms with Crippen LogP contribution in [-0.2, 0) is 0 Å². The fourth-order valence-electron chi connectivity index (χ4n) is 2.31. The van der Waals surface area contributed by atoms with Crippen molar-refractivity contribution in [2.45, 2.75) is 0 Å². The molecule has 22 heavy (non-hydrogen) atoms. The highest BCUT2D eigenvalue weighted by Crippen LogP contribution is 2.37. The lowest BCUT2D eigenvalue weighted by Crippen LogP contribution is -2.02. The van der Waals surface area contributed by atoms with Crippen molar-refractivity contribution in [3.63, 3.8) is 0 Å². The summed E-state index contributed by atoms with van der Waals surface area (Å²) in [5.41, 5.74) is 0.0896. The molecule has 0 aliphatic rings. The summed E-state index contributed by atoms with van der Waals surface area (Å²) in [5, 5.41) is 11.8. The smallest absolute Gasteiger partial charge is 0.321 e. The van der Waals surface area contributed by atoms with Crippen LogP contribution >= 0.6 is 0 Å². The number of hydrogen-bond donors (Lipinski definition) is 0. The Balaban J connectivity index is 2.33. The fourth-order valence-corrected chi connectivity index (χ4v) is 2.31. The van der Waals surface area contributed by atoms with Crippen molar-refractivity contribution in [1.29, 1.82) is 0 Å². The topological polar surface area (TPSA) is 82.6 Å². The van der Waals surface area contributed by atoms with Gasteiger partial charge in [-0.3, -0.25) is 14.9 Å². The van der Waals surface area contributed by atoms with Crippen LogP contribution in [0.5, 0.6) is 5.75 Å². The van der Waals surface area contributed by atoms with Crippen molar-refractivity contribution in [3.8, 4) is 17.1 Å². The molecular weight excluding hydrogens is 286 g/mol. The van der Waals surface area contributed by atoms with Crippen LogP contribution in [0.25, 0.3) is 22.3 Å². The van der Waals surface area contributed by atoms with Crippen molar-refractivity contribution in [2.24, 2.45) is 0 Å². The maximum Gasteiger partial charge on any atom is 0.321 e. The first-order valence-corrected chi connectivity index (χ1v) is 6.46. The third-order valence-corrected chi connectivity index (χ3v) is 3.30. The van der Waals surface area contributed by atoms with E-state index in [4.69, 9.17) is 9.15 Å². The second-order valence-electron chi connectivity index (χ2n) is 4.58. The number of ether oxygens (including phenoxy) is 1. The van der Waals surface area contributed by atoms with Gasteiger partial charge in [0.1, 0.15) is 11.3 Å². The first kappa shape index (κ1) is 13.8. The molecule has 6 heteroatoms. The summed E-state index contributed by atoms with van der Waals surface area (Å²) in [6.45, 7) is 0. The Morgan fingerprint density at radius 1 is 1.14 bits per heavy atom. The molecule has 6 nitrogen and oxygen atoms in total. The number of fused-ring (bicyclic) bond motifs is 1. The Kier molecular flexibility index (Phi) is 3.34. The minimum absolute atomic E-state index is 0.110. The van der Waals surface area contributed by atoms with Crippen LogP contribution < -0.4 is 10.2 Å². The van der Waals surface area contributed by atoms with Crippen molar-refractivity contribution in [1.82, 2.24) is 0 Å². The first-order valence-electron chi connectivity index (χ1n) is 6.46. The van der Waals surface area contributed by atoms with Gasteiger partial charge in [0.15, 0.2) is 11.2 Å². The van der Waals surface area contributed by atoms with E-state index in [2.05, 4.69) is 0 Å². The van der Waals surface area contributed by atoms with E-state index in [1.165, 1.54) is 25.3 Å². The van der Waals surface area contributed by atoms with E-state index in [1.807, 2.05) is 0 Å². The number of nitro groups is 1. The van der Waals surface area contributed by atoms with Gasteiger partial charge in [-0.15, -0.1) is 0 Å². The normalized spacial score (nSPS) is 10.6. The molecule has 110 valence electrons. The lowest BCUT2D eigenvalue weighted by atomic mass is 10.1. The molecule has 0 unspecified atom stereocenters. The monoisotopic (exact) mass is 297 g/mol. The SMILES string of the molecule is COc1cccc(-c2cc(=O)c3ccccc3o2)c1[N+](=O)[O-]. The van der Waals surface area contributed by atoms with Gasteiger partial charge in [-0.25, -0.2) is 0 Å². The zero-order chi connectivity index (χ0) is 15.7. The van der Waals surface area contributed by atoms with Gasteiger partial charge in [0.2, 0.25) is 0 Å². The molecule has 0 fully saturated rings. The number of hydrogen-bond acceptors (Lipinski definition) is 5. The minimum atomic E-state index is -0.552. The van der Waals surface area contributed by atoms with Gasteiger partial charge in [0, 0.05) is 6.07 Å². The van der Waals surface area contributed by atoms with Crippen LogP contribution in [-0.4, -0.2) is 12.0 Å².